The Morgan fingerprint density at radius 1 is 1.24 bits per heavy atom. The van der Waals surface area contributed by atoms with Gasteiger partial charge in [0.05, 0.1) is 18.2 Å². The number of carbonyl (C=O) groups excluding carboxylic acids is 1. The standard InChI is InChI=1S/C18H27NO2/c1-5-18(6-2,19-11-7-8-12-19)17(20)15-13-14(3)9-10-16(15)21-4/h9-10,13H,5-8,11-12H2,1-4H3. The fourth-order valence-electron chi connectivity index (χ4n) is 3.56. The van der Waals surface area contributed by atoms with Crippen molar-refractivity contribution in [1.29, 1.82) is 0 Å². The van der Waals surface area contributed by atoms with Crippen LogP contribution in [0.2, 0.25) is 0 Å². The molecule has 0 atom stereocenters. The van der Waals surface area contributed by atoms with Crippen LogP contribution in [0.3, 0.4) is 0 Å². The highest BCUT2D eigenvalue weighted by Crippen LogP contribution is 2.34. The summed E-state index contributed by atoms with van der Waals surface area (Å²) in [6, 6.07) is 5.87. The van der Waals surface area contributed by atoms with Gasteiger partial charge in [0, 0.05) is 0 Å². The molecule has 1 aliphatic heterocycles. The van der Waals surface area contributed by atoms with Gasteiger partial charge in [0.2, 0.25) is 0 Å². The van der Waals surface area contributed by atoms with Crippen molar-refractivity contribution < 1.29 is 9.53 Å². The predicted octanol–water partition coefficient (Wildman–Crippen LogP) is 3.84. The van der Waals surface area contributed by atoms with Crippen LogP contribution in [0.15, 0.2) is 18.2 Å². The molecule has 3 nitrogen and oxygen atoms in total. The Bertz CT molecular complexity index is 500. The number of methoxy groups -OCH3 is 1. The van der Waals surface area contributed by atoms with E-state index in [1.807, 2.05) is 25.1 Å². The Balaban J connectivity index is 2.45. The highest BCUT2D eigenvalue weighted by molar-refractivity contribution is 6.05. The quantitative estimate of drug-likeness (QED) is 0.745. The molecule has 0 unspecified atom stereocenters. The van der Waals surface area contributed by atoms with Gasteiger partial charge in [-0.25, -0.2) is 0 Å². The summed E-state index contributed by atoms with van der Waals surface area (Å²) in [5.41, 5.74) is 1.45. The normalized spacial score (nSPS) is 16.2. The molecular weight excluding hydrogens is 262 g/mol. The Morgan fingerprint density at radius 2 is 1.86 bits per heavy atom. The highest BCUT2D eigenvalue weighted by atomic mass is 16.5. The number of likely N-dealkylation sites (tertiary alicyclic amines) is 1. The van der Waals surface area contributed by atoms with Gasteiger partial charge in [-0.1, -0.05) is 25.5 Å². The molecule has 3 heteroatoms. The van der Waals surface area contributed by atoms with E-state index in [2.05, 4.69) is 18.7 Å². The summed E-state index contributed by atoms with van der Waals surface area (Å²) in [7, 11) is 1.64. The van der Waals surface area contributed by atoms with Crippen LogP contribution in [0.4, 0.5) is 0 Å². The fourth-order valence-corrected chi connectivity index (χ4v) is 3.56. The summed E-state index contributed by atoms with van der Waals surface area (Å²) in [6.07, 6.45) is 4.08. The topological polar surface area (TPSA) is 29.5 Å². The van der Waals surface area contributed by atoms with Gasteiger partial charge in [-0.05, 0) is 57.8 Å². The summed E-state index contributed by atoms with van der Waals surface area (Å²) in [5, 5.41) is 0. The van der Waals surface area contributed by atoms with E-state index in [1.165, 1.54) is 12.8 Å². The van der Waals surface area contributed by atoms with Gasteiger partial charge < -0.3 is 4.74 Å². The lowest BCUT2D eigenvalue weighted by atomic mass is 9.82. The molecule has 0 radical (unpaired) electrons. The van der Waals surface area contributed by atoms with Crippen LogP contribution in [0, 0.1) is 6.92 Å². The number of rotatable bonds is 6. The number of ketones is 1. The maximum atomic E-state index is 13.3. The van der Waals surface area contributed by atoms with Gasteiger partial charge in [-0.15, -0.1) is 0 Å². The second kappa shape index (κ2) is 6.61. The number of benzene rings is 1. The van der Waals surface area contributed by atoms with E-state index in [9.17, 15) is 4.79 Å². The summed E-state index contributed by atoms with van der Waals surface area (Å²) in [6.45, 7) is 8.33. The van der Waals surface area contributed by atoms with Crippen LogP contribution in [0.1, 0.15) is 55.5 Å². The van der Waals surface area contributed by atoms with Gasteiger partial charge in [0.1, 0.15) is 5.75 Å². The van der Waals surface area contributed by atoms with Crippen LogP contribution in [-0.4, -0.2) is 36.4 Å². The van der Waals surface area contributed by atoms with Crippen molar-refractivity contribution in [3.63, 3.8) is 0 Å². The molecule has 0 aliphatic carbocycles. The lowest BCUT2D eigenvalue weighted by Gasteiger charge is -2.39. The van der Waals surface area contributed by atoms with Crippen LogP contribution in [-0.2, 0) is 0 Å². The highest BCUT2D eigenvalue weighted by Gasteiger charge is 2.43. The van der Waals surface area contributed by atoms with E-state index >= 15 is 0 Å². The van der Waals surface area contributed by atoms with Gasteiger partial charge in [-0.3, -0.25) is 9.69 Å². The van der Waals surface area contributed by atoms with Crippen molar-refractivity contribution in [3.8, 4) is 5.75 Å². The molecule has 0 bridgehead atoms. The lowest BCUT2D eigenvalue weighted by Crippen LogP contribution is -2.52. The number of hydrogen-bond acceptors (Lipinski definition) is 3. The SMILES string of the molecule is CCC(CC)(C(=O)c1cc(C)ccc1OC)N1CCCC1. The van der Waals surface area contributed by atoms with Crippen molar-refractivity contribution in [2.75, 3.05) is 20.2 Å². The number of Topliss-reactive ketones (excluding diaryl/α,β-unsaturated/α-hetero) is 1. The molecule has 1 aromatic rings. The minimum Gasteiger partial charge on any atom is -0.496 e. The monoisotopic (exact) mass is 289 g/mol. The lowest BCUT2D eigenvalue weighted by molar-refractivity contribution is 0.0578. The zero-order chi connectivity index (χ0) is 15.5. The molecule has 21 heavy (non-hydrogen) atoms. The van der Waals surface area contributed by atoms with Crippen LogP contribution in [0.5, 0.6) is 5.75 Å². The number of carbonyl (C=O) groups is 1. The maximum absolute atomic E-state index is 13.3. The molecule has 1 aliphatic rings. The van der Waals surface area contributed by atoms with Gasteiger partial charge in [0.25, 0.3) is 0 Å². The molecule has 0 spiro atoms. The Labute approximate surface area is 128 Å². The summed E-state index contributed by atoms with van der Waals surface area (Å²) in [5.74, 6) is 0.908. The third kappa shape index (κ3) is 2.84. The van der Waals surface area contributed by atoms with Crippen molar-refractivity contribution in [2.24, 2.45) is 0 Å². The van der Waals surface area contributed by atoms with Crippen LogP contribution < -0.4 is 4.74 Å². The number of aryl methyl sites for hydroxylation is 1. The molecule has 1 saturated heterocycles. The Hall–Kier alpha value is -1.35. The average Bonchev–Trinajstić information content (AvgIpc) is 3.03. The minimum absolute atomic E-state index is 0.218. The number of nitrogens with zero attached hydrogens (tertiary/aromatic N) is 1. The molecule has 2 rings (SSSR count). The zero-order valence-corrected chi connectivity index (χ0v) is 13.7. The van der Waals surface area contributed by atoms with E-state index in [-0.39, 0.29) is 11.3 Å². The van der Waals surface area contributed by atoms with E-state index in [0.29, 0.717) is 5.75 Å². The predicted molar refractivity (Wildman–Crippen MR) is 86.2 cm³/mol. The van der Waals surface area contributed by atoms with Crippen molar-refractivity contribution in [3.05, 3.63) is 29.3 Å². The van der Waals surface area contributed by atoms with Gasteiger partial charge in [-0.2, -0.15) is 0 Å². The molecule has 0 aromatic heterocycles. The van der Waals surface area contributed by atoms with Crippen molar-refractivity contribution in [2.45, 2.75) is 52.0 Å². The van der Waals surface area contributed by atoms with E-state index in [0.717, 1.165) is 37.1 Å². The summed E-state index contributed by atoms with van der Waals surface area (Å²) >= 11 is 0. The second-order valence-corrected chi connectivity index (χ2v) is 5.97. The smallest absolute Gasteiger partial charge is 0.186 e. The third-order valence-electron chi connectivity index (χ3n) is 4.90. The van der Waals surface area contributed by atoms with Crippen LogP contribution >= 0.6 is 0 Å². The zero-order valence-electron chi connectivity index (χ0n) is 13.7. The van der Waals surface area contributed by atoms with Crippen molar-refractivity contribution >= 4 is 5.78 Å². The average molecular weight is 289 g/mol. The second-order valence-electron chi connectivity index (χ2n) is 5.97. The largest absolute Gasteiger partial charge is 0.496 e. The molecule has 1 heterocycles. The number of ether oxygens (including phenoxy) is 1. The van der Waals surface area contributed by atoms with E-state index in [4.69, 9.17) is 4.74 Å². The first-order valence-electron chi connectivity index (χ1n) is 8.03. The first-order chi connectivity index (χ1) is 10.1. The van der Waals surface area contributed by atoms with Crippen molar-refractivity contribution in [1.82, 2.24) is 4.90 Å². The van der Waals surface area contributed by atoms with Crippen LogP contribution in [0.25, 0.3) is 0 Å². The molecule has 0 amide bonds. The molecule has 116 valence electrons. The molecule has 1 fully saturated rings. The first kappa shape index (κ1) is 16.0. The molecule has 1 aromatic carbocycles. The Morgan fingerprint density at radius 3 is 2.38 bits per heavy atom. The first-order valence-corrected chi connectivity index (χ1v) is 8.03. The van der Waals surface area contributed by atoms with E-state index in [1.54, 1.807) is 7.11 Å². The number of hydrogen-bond donors (Lipinski definition) is 0. The minimum atomic E-state index is -0.377. The van der Waals surface area contributed by atoms with Gasteiger partial charge >= 0.3 is 0 Å². The molecular formula is C18H27NO2. The van der Waals surface area contributed by atoms with Gasteiger partial charge in [0.15, 0.2) is 5.78 Å². The third-order valence-corrected chi connectivity index (χ3v) is 4.90. The summed E-state index contributed by atoms with van der Waals surface area (Å²) < 4.78 is 5.43. The maximum Gasteiger partial charge on any atom is 0.186 e. The fraction of sp³-hybridized carbons (Fsp3) is 0.611. The summed E-state index contributed by atoms with van der Waals surface area (Å²) in [4.78, 5) is 15.7. The molecule has 0 N–H and O–H groups in total. The Kier molecular flexibility index (Phi) is 5.04. The molecule has 0 saturated carbocycles. The van der Waals surface area contributed by atoms with E-state index < -0.39 is 0 Å².